The molecule has 4 aromatic rings. The third-order valence-electron chi connectivity index (χ3n) is 4.93. The van der Waals surface area contributed by atoms with E-state index < -0.39 is 0 Å². The second-order valence-electron chi connectivity index (χ2n) is 7.12. The van der Waals surface area contributed by atoms with Gasteiger partial charge in [0.1, 0.15) is 0 Å². The largest absolute Gasteiger partial charge is 0.372 e. The molecule has 4 aromatic carbocycles. The summed E-state index contributed by atoms with van der Waals surface area (Å²) in [6, 6.07) is 27.0. The molecule has 0 N–H and O–H groups in total. The summed E-state index contributed by atoms with van der Waals surface area (Å²) >= 11 is 24.9. The van der Waals surface area contributed by atoms with Crippen molar-refractivity contribution in [2.24, 2.45) is 0 Å². The summed E-state index contributed by atoms with van der Waals surface area (Å²) < 4.78 is 6.12. The van der Waals surface area contributed by atoms with E-state index in [1.54, 1.807) is 0 Å². The number of rotatable bonds is 6. The zero-order chi connectivity index (χ0) is 21.8. The zero-order valence-corrected chi connectivity index (χ0v) is 19.4. The average Bonchev–Trinajstić information content (AvgIpc) is 2.75. The Hall–Kier alpha value is -2.00. The van der Waals surface area contributed by atoms with E-state index in [9.17, 15) is 0 Å². The molecule has 0 bridgehead atoms. The first-order chi connectivity index (χ1) is 15.0. The summed E-state index contributed by atoms with van der Waals surface area (Å²) in [5.41, 5.74) is 6.07. The number of benzene rings is 4. The Balaban J connectivity index is 1.57. The highest BCUT2D eigenvalue weighted by Crippen LogP contribution is 2.32. The highest BCUT2D eigenvalue weighted by molar-refractivity contribution is 6.32. The molecule has 4 rings (SSSR count). The lowest BCUT2D eigenvalue weighted by molar-refractivity contribution is 0.108. The van der Waals surface area contributed by atoms with Crippen LogP contribution in [0.3, 0.4) is 0 Å². The predicted molar refractivity (Wildman–Crippen MR) is 132 cm³/mol. The summed E-state index contributed by atoms with van der Waals surface area (Å²) in [6.07, 6.45) is 0. The maximum absolute atomic E-state index is 6.26. The molecule has 0 aromatic heterocycles. The molecule has 0 unspecified atom stereocenters. The fourth-order valence-corrected chi connectivity index (χ4v) is 4.19. The van der Waals surface area contributed by atoms with Crippen LogP contribution in [0.15, 0.2) is 84.9 Å². The molecule has 0 spiro atoms. The molecule has 0 saturated heterocycles. The summed E-state index contributed by atoms with van der Waals surface area (Å²) in [7, 11) is 0. The standard InChI is InChI=1S/C26H18Cl4O/c27-21-5-1-3-17(11-21)25-13-23(29)9-7-19(25)15-31-16-20-8-10-24(30)14-26(20)18-4-2-6-22(28)12-18/h1-14H,15-16H2. The van der Waals surface area contributed by atoms with Crippen LogP contribution in [-0.4, -0.2) is 0 Å². The van der Waals surface area contributed by atoms with E-state index >= 15 is 0 Å². The first-order valence-corrected chi connectivity index (χ1v) is 11.2. The van der Waals surface area contributed by atoms with Crippen LogP contribution in [0.2, 0.25) is 20.1 Å². The molecule has 5 heteroatoms. The van der Waals surface area contributed by atoms with Crippen molar-refractivity contribution >= 4 is 46.4 Å². The molecule has 0 atom stereocenters. The lowest BCUT2D eigenvalue weighted by atomic mass is 9.99. The van der Waals surface area contributed by atoms with Gasteiger partial charge in [-0.25, -0.2) is 0 Å². The van der Waals surface area contributed by atoms with Gasteiger partial charge in [-0.2, -0.15) is 0 Å². The van der Waals surface area contributed by atoms with Gasteiger partial charge in [0.15, 0.2) is 0 Å². The molecule has 0 aliphatic rings. The van der Waals surface area contributed by atoms with Crippen molar-refractivity contribution in [1.29, 1.82) is 0 Å². The van der Waals surface area contributed by atoms with Gasteiger partial charge >= 0.3 is 0 Å². The topological polar surface area (TPSA) is 9.23 Å². The van der Waals surface area contributed by atoms with Crippen molar-refractivity contribution in [1.82, 2.24) is 0 Å². The van der Waals surface area contributed by atoms with E-state index in [-0.39, 0.29) is 0 Å². The van der Waals surface area contributed by atoms with E-state index in [1.807, 2.05) is 84.9 Å². The summed E-state index contributed by atoms with van der Waals surface area (Å²) in [5, 5.41) is 2.69. The summed E-state index contributed by atoms with van der Waals surface area (Å²) in [5.74, 6) is 0. The SMILES string of the molecule is Clc1cccc(-c2cc(Cl)ccc2COCc2ccc(Cl)cc2-c2cccc(Cl)c2)c1. The summed E-state index contributed by atoms with van der Waals surface area (Å²) in [4.78, 5) is 0. The second kappa shape index (κ2) is 10.1. The van der Waals surface area contributed by atoms with Crippen LogP contribution in [0, 0.1) is 0 Å². The molecule has 156 valence electrons. The molecule has 0 aliphatic carbocycles. The highest BCUT2D eigenvalue weighted by Gasteiger charge is 2.10. The average molecular weight is 488 g/mol. The third-order valence-corrected chi connectivity index (χ3v) is 5.87. The van der Waals surface area contributed by atoms with Crippen LogP contribution in [0.5, 0.6) is 0 Å². The van der Waals surface area contributed by atoms with E-state index in [2.05, 4.69) is 0 Å². The molecular weight excluding hydrogens is 470 g/mol. The van der Waals surface area contributed by atoms with Crippen molar-refractivity contribution in [3.05, 3.63) is 116 Å². The Morgan fingerprint density at radius 3 is 1.32 bits per heavy atom. The van der Waals surface area contributed by atoms with Gasteiger partial charge in [-0.05, 0) is 81.9 Å². The first-order valence-electron chi connectivity index (χ1n) is 9.66. The first kappa shape index (κ1) is 22.2. The molecule has 31 heavy (non-hydrogen) atoms. The van der Waals surface area contributed by atoms with Gasteiger partial charge in [-0.15, -0.1) is 0 Å². The van der Waals surface area contributed by atoms with Crippen LogP contribution < -0.4 is 0 Å². The van der Waals surface area contributed by atoms with Crippen molar-refractivity contribution in [3.63, 3.8) is 0 Å². The van der Waals surface area contributed by atoms with E-state index in [4.69, 9.17) is 51.1 Å². The Labute approximate surface area is 202 Å². The second-order valence-corrected chi connectivity index (χ2v) is 8.86. The molecule has 0 heterocycles. The number of halogens is 4. The van der Waals surface area contributed by atoms with Gasteiger partial charge in [-0.3, -0.25) is 0 Å². The molecule has 0 radical (unpaired) electrons. The Bertz CT molecular complexity index is 1120. The van der Waals surface area contributed by atoms with Crippen molar-refractivity contribution < 1.29 is 4.74 Å². The molecule has 0 aliphatic heterocycles. The highest BCUT2D eigenvalue weighted by atomic mass is 35.5. The lowest BCUT2D eigenvalue weighted by Crippen LogP contribution is -1.98. The maximum atomic E-state index is 6.26. The van der Waals surface area contributed by atoms with Crippen molar-refractivity contribution in [2.75, 3.05) is 0 Å². The van der Waals surface area contributed by atoms with Gasteiger partial charge in [0, 0.05) is 20.1 Å². The van der Waals surface area contributed by atoms with E-state index in [0.29, 0.717) is 33.3 Å². The predicted octanol–water partition coefficient (Wildman–Crippen LogP) is 9.35. The lowest BCUT2D eigenvalue weighted by Gasteiger charge is -2.14. The minimum atomic E-state index is 0.427. The van der Waals surface area contributed by atoms with Crippen LogP contribution in [-0.2, 0) is 18.0 Å². The van der Waals surface area contributed by atoms with Gasteiger partial charge < -0.3 is 4.74 Å². The third kappa shape index (κ3) is 5.63. The van der Waals surface area contributed by atoms with Gasteiger partial charge in [0.25, 0.3) is 0 Å². The van der Waals surface area contributed by atoms with Crippen LogP contribution in [0.4, 0.5) is 0 Å². The molecule has 0 saturated carbocycles. The van der Waals surface area contributed by atoms with Crippen molar-refractivity contribution in [2.45, 2.75) is 13.2 Å². The molecule has 1 nitrogen and oxygen atoms in total. The van der Waals surface area contributed by atoms with Gasteiger partial charge in [0.2, 0.25) is 0 Å². The Morgan fingerprint density at radius 2 is 0.903 bits per heavy atom. The molecule has 0 amide bonds. The van der Waals surface area contributed by atoms with Gasteiger partial charge in [0.05, 0.1) is 13.2 Å². The number of ether oxygens (including phenoxy) is 1. The fraction of sp³-hybridized carbons (Fsp3) is 0.0769. The molecule has 0 fully saturated rings. The number of hydrogen-bond acceptors (Lipinski definition) is 1. The maximum Gasteiger partial charge on any atom is 0.0727 e. The summed E-state index contributed by atoms with van der Waals surface area (Å²) in [6.45, 7) is 0.854. The van der Waals surface area contributed by atoms with Crippen LogP contribution >= 0.6 is 46.4 Å². The van der Waals surface area contributed by atoms with E-state index in [0.717, 1.165) is 33.4 Å². The number of hydrogen-bond donors (Lipinski definition) is 0. The van der Waals surface area contributed by atoms with Crippen LogP contribution in [0.1, 0.15) is 11.1 Å². The Kier molecular flexibility index (Phi) is 7.22. The zero-order valence-electron chi connectivity index (χ0n) is 16.4. The smallest absolute Gasteiger partial charge is 0.0727 e. The Morgan fingerprint density at radius 1 is 0.484 bits per heavy atom. The monoisotopic (exact) mass is 486 g/mol. The minimum Gasteiger partial charge on any atom is -0.372 e. The normalized spacial score (nSPS) is 11.0. The van der Waals surface area contributed by atoms with Crippen molar-refractivity contribution in [3.8, 4) is 22.3 Å². The van der Waals surface area contributed by atoms with Gasteiger partial charge in [-0.1, -0.05) is 82.8 Å². The van der Waals surface area contributed by atoms with Crippen LogP contribution in [0.25, 0.3) is 22.3 Å². The molecular formula is C26H18Cl4O. The quantitative estimate of drug-likeness (QED) is 0.263. The fourth-order valence-electron chi connectivity index (χ4n) is 3.47. The minimum absolute atomic E-state index is 0.427. The van der Waals surface area contributed by atoms with E-state index in [1.165, 1.54) is 0 Å².